The van der Waals surface area contributed by atoms with Crippen LogP contribution in [0.3, 0.4) is 0 Å². The second-order valence-electron chi connectivity index (χ2n) is 12.4. The lowest BCUT2D eigenvalue weighted by molar-refractivity contribution is -0.123. The van der Waals surface area contributed by atoms with E-state index in [-0.39, 0.29) is 70.0 Å². The maximum absolute atomic E-state index is 14.0. The Morgan fingerprint density at radius 2 is 1.70 bits per heavy atom. The molecule has 2 N–H and O–H groups in total. The van der Waals surface area contributed by atoms with Gasteiger partial charge in [-0.3, -0.25) is 24.1 Å². The molecule has 9 nitrogen and oxygen atoms in total. The molecule has 4 aromatic rings. The zero-order valence-electron chi connectivity index (χ0n) is 25.1. The molecule has 234 valence electrons. The van der Waals surface area contributed by atoms with Crippen LogP contribution in [0.25, 0.3) is 0 Å². The van der Waals surface area contributed by atoms with Crippen molar-refractivity contribution in [3.8, 4) is 11.5 Å². The van der Waals surface area contributed by atoms with Crippen LogP contribution in [-0.4, -0.2) is 41.7 Å². The molecule has 4 unspecified atom stereocenters. The second-order valence-corrected chi connectivity index (χ2v) is 14.6. The van der Waals surface area contributed by atoms with Crippen molar-refractivity contribution in [2.24, 2.45) is 29.6 Å². The number of aromatic amines is 1. The first-order valence-corrected chi connectivity index (χ1v) is 17.0. The number of nitrogens with one attached hydrogen (secondary N) is 2. The molecule has 2 bridgehead atoms. The Balaban J connectivity index is 1.10. The molecular weight excluding hydrogens is 623 g/mol. The highest BCUT2D eigenvalue weighted by atomic mass is 32.2. The first kappa shape index (κ1) is 29.1. The molecule has 11 heteroatoms. The molecule has 3 fully saturated rings. The van der Waals surface area contributed by atoms with E-state index >= 15 is 0 Å². The average molecular weight is 654 g/mol. The van der Waals surface area contributed by atoms with Crippen molar-refractivity contribution in [2.75, 3.05) is 23.9 Å². The first-order valence-electron chi connectivity index (χ1n) is 15.3. The van der Waals surface area contributed by atoms with Crippen molar-refractivity contribution in [2.45, 2.75) is 29.5 Å². The Kier molecular flexibility index (Phi) is 7.06. The number of hydrogen-bond donors (Lipinski definition) is 2. The lowest BCUT2D eigenvalue weighted by atomic mass is 9.68. The highest BCUT2D eigenvalue weighted by Gasteiger charge is 2.69. The molecule has 0 radical (unpaired) electrons. The molecule has 0 spiro atoms. The summed E-state index contributed by atoms with van der Waals surface area (Å²) in [7, 11) is 1.56. The number of carbonyl (C=O) groups is 3. The molecule has 46 heavy (non-hydrogen) atoms. The van der Waals surface area contributed by atoms with Gasteiger partial charge in [0.1, 0.15) is 0 Å². The van der Waals surface area contributed by atoms with E-state index in [0.717, 1.165) is 27.5 Å². The summed E-state index contributed by atoms with van der Waals surface area (Å²) < 4.78 is 11.6. The molecule has 1 aromatic heterocycles. The fraction of sp³-hybridized carbons (Fsp3) is 0.314. The maximum Gasteiger partial charge on any atom is 0.305 e. The van der Waals surface area contributed by atoms with E-state index in [0.29, 0.717) is 22.9 Å². The number of fused-ring (bicyclic) bond motifs is 9. The molecule has 7 atom stereocenters. The first-order chi connectivity index (χ1) is 22.3. The molecule has 1 saturated heterocycles. The van der Waals surface area contributed by atoms with Gasteiger partial charge in [0.05, 0.1) is 29.7 Å². The third-order valence-electron chi connectivity index (χ3n) is 9.98. The number of ether oxygens (including phenoxy) is 2. The van der Waals surface area contributed by atoms with Crippen molar-refractivity contribution in [1.29, 1.82) is 0 Å². The third kappa shape index (κ3) is 4.59. The summed E-state index contributed by atoms with van der Waals surface area (Å²) in [5, 5.41) is 3.73. The fourth-order valence-corrected chi connectivity index (χ4v) is 11.1. The van der Waals surface area contributed by atoms with E-state index in [1.54, 1.807) is 37.1 Å². The number of aryl methyl sites for hydroxylation is 1. The fourth-order valence-electron chi connectivity index (χ4n) is 8.20. The SMILES string of the molecule is COc1cc([C@H]2c3sc(=O)[nH]c3SC3C2[C@H]2C[C@@H]3C3C(=O)N(c4ccc(C)cc4)C(=O)C32)ccc1OCC(=O)Nc1ccccc1. The normalized spacial score (nSPS) is 27.3. The Morgan fingerprint density at radius 1 is 0.957 bits per heavy atom. The summed E-state index contributed by atoms with van der Waals surface area (Å²) in [4.78, 5) is 58.4. The monoisotopic (exact) mass is 653 g/mol. The number of para-hydroxylation sites is 1. The third-order valence-corrected chi connectivity index (χ3v) is 12.6. The van der Waals surface area contributed by atoms with Crippen molar-refractivity contribution in [3.63, 3.8) is 0 Å². The summed E-state index contributed by atoms with van der Waals surface area (Å²) in [5.41, 5.74) is 3.32. The van der Waals surface area contributed by atoms with E-state index in [1.807, 2.05) is 61.5 Å². The predicted octanol–water partition coefficient (Wildman–Crippen LogP) is 5.45. The van der Waals surface area contributed by atoms with Gasteiger partial charge in [-0.05, 0) is 73.1 Å². The second kappa shape index (κ2) is 11.2. The highest BCUT2D eigenvalue weighted by Crippen LogP contribution is 2.68. The van der Waals surface area contributed by atoms with Gasteiger partial charge in [0.15, 0.2) is 18.1 Å². The molecule has 3 heterocycles. The largest absolute Gasteiger partial charge is 0.493 e. The number of nitrogens with zero attached hydrogens (tertiary/aromatic N) is 1. The van der Waals surface area contributed by atoms with Crippen LogP contribution in [0.4, 0.5) is 11.4 Å². The Hall–Kier alpha value is -4.35. The number of methoxy groups -OCH3 is 1. The van der Waals surface area contributed by atoms with Crippen molar-refractivity contribution in [3.05, 3.63) is 98.5 Å². The highest BCUT2D eigenvalue weighted by molar-refractivity contribution is 8.00. The number of hydrogen-bond acceptors (Lipinski definition) is 8. The number of carbonyl (C=O) groups excluding carboxylic acids is 3. The number of benzene rings is 3. The number of H-pyrrole nitrogens is 1. The summed E-state index contributed by atoms with van der Waals surface area (Å²) in [6.45, 7) is 1.78. The van der Waals surface area contributed by atoms with E-state index in [4.69, 9.17) is 9.47 Å². The number of rotatable bonds is 7. The lowest BCUT2D eigenvalue weighted by Crippen LogP contribution is -2.42. The van der Waals surface area contributed by atoms with Crippen LogP contribution < -0.4 is 24.6 Å². The van der Waals surface area contributed by atoms with E-state index in [2.05, 4.69) is 10.3 Å². The van der Waals surface area contributed by atoms with Crippen LogP contribution in [0, 0.1) is 36.5 Å². The Bertz CT molecular complexity index is 1920. The molecule has 8 rings (SSSR count). The smallest absolute Gasteiger partial charge is 0.305 e. The minimum absolute atomic E-state index is 0.00152. The van der Waals surface area contributed by atoms with Gasteiger partial charge in [-0.1, -0.05) is 53.3 Å². The number of aromatic nitrogens is 1. The molecule has 3 amide bonds. The number of imide groups is 1. The summed E-state index contributed by atoms with van der Waals surface area (Å²) in [6.07, 6.45) is 0.807. The van der Waals surface area contributed by atoms with Gasteiger partial charge < -0.3 is 19.8 Å². The average Bonchev–Trinajstić information content (AvgIpc) is 3.80. The zero-order valence-corrected chi connectivity index (χ0v) is 26.7. The van der Waals surface area contributed by atoms with Gasteiger partial charge in [0.25, 0.3) is 5.91 Å². The number of thiazole rings is 1. The number of anilines is 2. The van der Waals surface area contributed by atoms with Crippen LogP contribution in [0.1, 0.15) is 28.3 Å². The Labute approximate surface area is 273 Å². The minimum atomic E-state index is -0.381. The van der Waals surface area contributed by atoms with Crippen molar-refractivity contribution in [1.82, 2.24) is 4.98 Å². The maximum atomic E-state index is 14.0. The zero-order chi connectivity index (χ0) is 31.7. The lowest BCUT2D eigenvalue weighted by Gasteiger charge is -2.43. The van der Waals surface area contributed by atoms with Crippen molar-refractivity contribution < 1.29 is 23.9 Å². The standard InChI is InChI=1S/C35H31N3O6S2/c1-17-8-11-20(12-9-17)38-33(40)28-21-15-22(29(28)34(38)41)30-27(21)26(31-32(45-30)37-35(42)46-31)18-10-13-23(24(14-18)43-2)44-16-25(39)36-19-6-4-3-5-7-19/h3-14,21-22,26-30H,15-16H2,1-2H3,(H,36,39)(H,37,42)/t21-,22-,26-,27?,28?,29?,30?/m1/s1. The van der Waals surface area contributed by atoms with Gasteiger partial charge in [-0.15, -0.1) is 11.8 Å². The van der Waals surface area contributed by atoms with E-state index in [9.17, 15) is 19.2 Å². The van der Waals surface area contributed by atoms with Crippen LogP contribution in [0.5, 0.6) is 11.5 Å². The van der Waals surface area contributed by atoms with Gasteiger partial charge in [-0.2, -0.15) is 0 Å². The summed E-state index contributed by atoms with van der Waals surface area (Å²) >= 11 is 2.87. The molecule has 3 aromatic carbocycles. The van der Waals surface area contributed by atoms with E-state index < -0.39 is 0 Å². The van der Waals surface area contributed by atoms with Gasteiger partial charge in [0, 0.05) is 21.7 Å². The number of amides is 3. The quantitative estimate of drug-likeness (QED) is 0.255. The molecule has 2 aliphatic carbocycles. The Morgan fingerprint density at radius 3 is 2.43 bits per heavy atom. The van der Waals surface area contributed by atoms with Crippen molar-refractivity contribution >= 4 is 52.2 Å². The minimum Gasteiger partial charge on any atom is -0.493 e. The van der Waals surface area contributed by atoms with Crippen LogP contribution in [0.15, 0.2) is 82.6 Å². The molecule has 2 aliphatic heterocycles. The molecule has 4 aliphatic rings. The van der Waals surface area contributed by atoms with Crippen LogP contribution in [0.2, 0.25) is 0 Å². The number of thioether (sulfide) groups is 1. The van der Waals surface area contributed by atoms with Gasteiger partial charge in [-0.25, -0.2) is 0 Å². The predicted molar refractivity (Wildman–Crippen MR) is 176 cm³/mol. The topological polar surface area (TPSA) is 118 Å². The van der Waals surface area contributed by atoms with E-state index in [1.165, 1.54) is 16.2 Å². The van der Waals surface area contributed by atoms with Crippen LogP contribution >= 0.6 is 23.1 Å². The summed E-state index contributed by atoms with van der Waals surface area (Å²) in [6, 6.07) is 22.4. The molecule has 2 saturated carbocycles. The summed E-state index contributed by atoms with van der Waals surface area (Å²) in [5.74, 6) is -0.428. The van der Waals surface area contributed by atoms with Gasteiger partial charge >= 0.3 is 4.87 Å². The molecular formula is C35H31N3O6S2. The van der Waals surface area contributed by atoms with Crippen LogP contribution in [-0.2, 0) is 14.4 Å². The van der Waals surface area contributed by atoms with Gasteiger partial charge in [0.2, 0.25) is 11.8 Å².